The Morgan fingerprint density at radius 2 is 0.566 bits per heavy atom. The number of H-pyrrole nitrogens is 2. The number of hydrogen-bond donors (Lipinski definition) is 2. The van der Waals surface area contributed by atoms with Crippen LogP contribution in [0.4, 0.5) is 0 Å². The number of nitrogens with zero attached hydrogens (tertiary/aromatic N) is 6. The van der Waals surface area contributed by atoms with Crippen molar-refractivity contribution in [3.63, 3.8) is 0 Å². The first-order valence-corrected chi connectivity index (χ1v) is 37.8. The molecular weight excluding hydrogens is 1290 g/mol. The Labute approximate surface area is 629 Å². The van der Waals surface area contributed by atoms with Gasteiger partial charge in [0.05, 0.1) is 56.6 Å². The molecule has 16 bridgehead atoms. The van der Waals surface area contributed by atoms with Gasteiger partial charge in [0, 0.05) is 33.2 Å². The Balaban J connectivity index is 1.14. The summed E-state index contributed by atoms with van der Waals surface area (Å²) >= 11 is 0. The van der Waals surface area contributed by atoms with Crippen molar-refractivity contribution < 1.29 is 0 Å². The van der Waals surface area contributed by atoms with Crippen LogP contribution in [0, 0.1) is 11.8 Å². The quantitative estimate of drug-likeness (QED) is 0.170. The zero-order valence-electron chi connectivity index (χ0n) is 67.0. The topological polar surface area (TPSA) is 111 Å². The van der Waals surface area contributed by atoms with E-state index in [1.165, 1.54) is 44.5 Å². The van der Waals surface area contributed by atoms with Crippen LogP contribution < -0.4 is 9.97 Å². The molecule has 538 valence electrons. The second-order valence-electron chi connectivity index (χ2n) is 38.0. The Morgan fingerprint density at radius 1 is 0.255 bits per heavy atom. The molecule has 0 aliphatic carbocycles. The first-order chi connectivity index (χ1) is 49.5. The number of aromatic nitrogens is 8. The van der Waals surface area contributed by atoms with Crippen molar-refractivity contribution in [3.8, 4) is 56.3 Å². The van der Waals surface area contributed by atoms with E-state index < -0.39 is 0 Å². The van der Waals surface area contributed by atoms with Crippen molar-refractivity contribution >= 4 is 92.7 Å². The molecule has 10 aromatic rings. The van der Waals surface area contributed by atoms with Gasteiger partial charge in [0.2, 0.25) is 0 Å². The van der Waals surface area contributed by atoms with Gasteiger partial charge in [-0.3, -0.25) is 0 Å². The summed E-state index contributed by atoms with van der Waals surface area (Å²) in [6.07, 6.45) is 17.1. The Hall–Kier alpha value is -10.4. The number of rotatable bonds is 4. The van der Waals surface area contributed by atoms with Gasteiger partial charge in [0.25, 0.3) is 0 Å². The first kappa shape index (κ1) is 72.6. The van der Waals surface area contributed by atoms with Crippen LogP contribution in [0.3, 0.4) is 0 Å². The second-order valence-corrected chi connectivity index (χ2v) is 38.0. The number of benzene rings is 4. The molecule has 0 spiro atoms. The molecule has 0 fully saturated rings. The molecule has 0 saturated heterocycles. The normalized spacial score (nSPS) is 13.6. The molecule has 0 amide bonds. The highest BCUT2D eigenvalue weighted by molar-refractivity contribution is 5.98. The lowest BCUT2D eigenvalue weighted by Crippen LogP contribution is -2.16. The number of hydrogen-bond acceptors (Lipinski definition) is 4. The fourth-order valence-corrected chi connectivity index (χ4v) is 14.3. The van der Waals surface area contributed by atoms with Crippen LogP contribution in [0.1, 0.15) is 267 Å². The van der Waals surface area contributed by atoms with Crippen LogP contribution in [0.25, 0.3) is 137 Å². The van der Waals surface area contributed by atoms with Crippen LogP contribution in [0.2, 0.25) is 0 Å². The van der Waals surface area contributed by atoms with Crippen molar-refractivity contribution in [2.24, 2.45) is 0 Å². The number of fused-ring (bicyclic) bond motifs is 16. The molecule has 0 saturated carbocycles. The molecule has 4 aromatic carbocycles. The van der Waals surface area contributed by atoms with E-state index in [9.17, 15) is 0 Å². The molecule has 4 aliphatic rings. The minimum absolute atomic E-state index is 0.141. The zero-order valence-corrected chi connectivity index (χ0v) is 67.0. The van der Waals surface area contributed by atoms with E-state index in [1.54, 1.807) is 0 Å². The molecule has 6 aromatic heterocycles. The van der Waals surface area contributed by atoms with E-state index in [0.29, 0.717) is 28.0 Å². The second kappa shape index (κ2) is 25.7. The van der Waals surface area contributed by atoms with Gasteiger partial charge in [-0.25, -0.2) is 19.9 Å². The molecule has 14 rings (SSSR count). The molecule has 8 nitrogen and oxygen atoms in total. The predicted molar refractivity (Wildman–Crippen MR) is 453 cm³/mol. The minimum Gasteiger partial charge on any atom is -0.657 e. The summed E-state index contributed by atoms with van der Waals surface area (Å²) in [7, 11) is 0. The van der Waals surface area contributed by atoms with Gasteiger partial charge in [-0.2, -0.15) is 0 Å². The molecule has 2 N–H and O–H groups in total. The summed E-state index contributed by atoms with van der Waals surface area (Å²) in [6.45, 7) is 55.0. The highest BCUT2D eigenvalue weighted by Crippen LogP contribution is 2.44. The van der Waals surface area contributed by atoms with Gasteiger partial charge in [-0.05, 0) is 200 Å². The summed E-state index contributed by atoms with van der Waals surface area (Å²) in [5.74, 6) is 7.81. The minimum atomic E-state index is -0.151. The van der Waals surface area contributed by atoms with E-state index in [0.717, 1.165) is 117 Å². The molecule has 8 heteroatoms. The van der Waals surface area contributed by atoms with Crippen LogP contribution in [-0.2, 0) is 43.3 Å². The summed E-state index contributed by atoms with van der Waals surface area (Å²) in [5.41, 5.74) is 31.2. The van der Waals surface area contributed by atoms with Gasteiger partial charge in [0.1, 0.15) is 0 Å². The van der Waals surface area contributed by atoms with Crippen molar-refractivity contribution in [2.45, 2.75) is 209 Å². The lowest BCUT2D eigenvalue weighted by Gasteiger charge is -2.27. The average molecular weight is 1390 g/mol. The maximum absolute atomic E-state index is 5.80. The fourth-order valence-electron chi connectivity index (χ4n) is 14.3. The average Bonchev–Trinajstić information content (AvgIpc) is 1.50. The maximum Gasteiger partial charge on any atom is 0.0815 e. The van der Waals surface area contributed by atoms with E-state index >= 15 is 0 Å². The first-order valence-electron chi connectivity index (χ1n) is 37.8. The van der Waals surface area contributed by atoms with E-state index in [4.69, 9.17) is 29.9 Å². The lowest BCUT2D eigenvalue weighted by atomic mass is 9.78. The molecule has 0 radical (unpaired) electrons. The monoisotopic (exact) mass is 1390 g/mol. The third kappa shape index (κ3) is 14.6. The summed E-state index contributed by atoms with van der Waals surface area (Å²) < 4.78 is 0. The summed E-state index contributed by atoms with van der Waals surface area (Å²) in [4.78, 5) is 41.7. The van der Waals surface area contributed by atoms with Gasteiger partial charge < -0.3 is 19.9 Å². The van der Waals surface area contributed by atoms with E-state index in [-0.39, 0.29) is 43.3 Å². The SMILES string of the molecule is CC(C)(C)c1cc(-c2c3nc(c(C#Cc4c5nc(c(-c6cc(C(C)(C)C)cc(C(C)(C)C)c6)c6ccc(cc7nc(c(-c8cc(C(C)(C)C)cc(C(C)(C)C)c8)c8ccc4[nH]8)C=C7)[nH]6)C=C5)c4ccc([n-]4)c(-c4cc(C(C)(C)C)cc(C(C)(C)C)c4)c4nc(cc5ccc2[n-]5)C=C4)C=C3)cc(C(C)(C)C)c1. The fraction of sp³-hybridized carbons (Fsp3) is 0.327. The van der Waals surface area contributed by atoms with Gasteiger partial charge >= 0.3 is 0 Å². The molecule has 0 atom stereocenters. The predicted octanol–water partition coefficient (Wildman–Crippen LogP) is 25.3. The standard InChI is InChI=1S/C98H104N8/c1-91(2,3)61-43-57(44-62(51-61)92(4,5)6)87-79-31-25-69(99-79)55-70-26-32-80(100-70)88(58-45-63(93(7,8)9)52-64(46-58)94(10,11)12)84-40-36-76(104-84)73(75-35-39-83(87)103-75)29-30-74-77-37-41-85(105-77)89(59-47-65(95(13,14)15)53-66(48-59)96(16,17)18)81-33-27-71(101-81)56-72-28-34-82(102-72)90(86-42-38-78(74)106-86)60-49-67(97(19,20)21)54-68(50-60)98(22,23)24/h25-28,31-56,99,104H,1-24H3/q-2. The zero-order chi connectivity index (χ0) is 75.9. The molecule has 4 aliphatic heterocycles. The van der Waals surface area contributed by atoms with Gasteiger partial charge in [-0.1, -0.05) is 281 Å². The largest absolute Gasteiger partial charge is 0.657 e. The third-order valence-corrected chi connectivity index (χ3v) is 21.1. The lowest BCUT2D eigenvalue weighted by molar-refractivity contribution is 0.568. The smallest absolute Gasteiger partial charge is 0.0815 e. The molecular formula is C98H104N8-2. The van der Waals surface area contributed by atoms with Crippen LogP contribution in [0.5, 0.6) is 0 Å². The van der Waals surface area contributed by atoms with Crippen LogP contribution in [-0.4, -0.2) is 29.9 Å². The maximum atomic E-state index is 5.80. The summed E-state index contributed by atoms with van der Waals surface area (Å²) in [5, 5.41) is 0. The van der Waals surface area contributed by atoms with Crippen molar-refractivity contribution in [3.05, 3.63) is 235 Å². The van der Waals surface area contributed by atoms with Crippen molar-refractivity contribution in [2.75, 3.05) is 0 Å². The summed E-state index contributed by atoms with van der Waals surface area (Å²) in [6, 6.07) is 49.8. The highest BCUT2D eigenvalue weighted by atomic mass is 14.8. The number of nitrogens with one attached hydrogen (secondary N) is 2. The Morgan fingerprint density at radius 3 is 1.01 bits per heavy atom. The molecule has 106 heavy (non-hydrogen) atoms. The molecule has 10 heterocycles. The van der Waals surface area contributed by atoms with E-state index in [1.807, 2.05) is 0 Å². The van der Waals surface area contributed by atoms with Crippen molar-refractivity contribution in [1.29, 1.82) is 0 Å². The molecule has 0 unspecified atom stereocenters. The Bertz CT molecular complexity index is 5210. The van der Waals surface area contributed by atoms with Gasteiger partial charge in [-0.15, -0.1) is 22.1 Å². The van der Waals surface area contributed by atoms with Crippen LogP contribution in [0.15, 0.2) is 133 Å². The Kier molecular flexibility index (Phi) is 17.6. The van der Waals surface area contributed by atoms with E-state index in [2.05, 4.69) is 370 Å². The van der Waals surface area contributed by atoms with Gasteiger partial charge in [0.15, 0.2) is 0 Å². The third-order valence-electron chi connectivity index (χ3n) is 21.1. The van der Waals surface area contributed by atoms with Crippen molar-refractivity contribution in [1.82, 2.24) is 39.9 Å². The van der Waals surface area contributed by atoms with Crippen LogP contribution >= 0.6 is 0 Å². The number of aromatic amines is 2. The highest BCUT2D eigenvalue weighted by Gasteiger charge is 2.29.